The van der Waals surface area contributed by atoms with Crippen LogP contribution in [0.15, 0.2) is 94.5 Å². The van der Waals surface area contributed by atoms with Crippen molar-refractivity contribution in [3.63, 3.8) is 0 Å². The van der Waals surface area contributed by atoms with Gasteiger partial charge < -0.3 is 14.7 Å². The Hall–Kier alpha value is -3.70. The van der Waals surface area contributed by atoms with E-state index in [9.17, 15) is 18.3 Å². The Kier molecular flexibility index (Phi) is 10.1. The zero-order valence-electron chi connectivity index (χ0n) is 25.2. The Morgan fingerprint density at radius 3 is 2.45 bits per heavy atom. The van der Waals surface area contributed by atoms with Gasteiger partial charge in [-0.3, -0.25) is 14.4 Å². The molecule has 10 heteroatoms. The molecule has 2 N–H and O–H groups in total. The molecule has 2 heterocycles. The van der Waals surface area contributed by atoms with Crippen molar-refractivity contribution in [3.05, 3.63) is 101 Å². The van der Waals surface area contributed by atoms with Crippen molar-refractivity contribution < 1.29 is 23.1 Å². The number of aliphatic hydroxyl groups is 1. The lowest BCUT2D eigenvalue weighted by Crippen LogP contribution is -2.47. The second kappa shape index (κ2) is 13.9. The number of likely N-dealkylation sites (N-methyl/N-ethyl adjacent to an activating group) is 1. The molecular formula is C34H39N3O5S2. The van der Waals surface area contributed by atoms with Gasteiger partial charge in [0.1, 0.15) is 16.1 Å². The van der Waals surface area contributed by atoms with Crippen molar-refractivity contribution in [2.45, 2.75) is 43.2 Å². The first-order valence-corrected chi connectivity index (χ1v) is 17.1. The minimum atomic E-state index is -3.75. The predicted octanol–water partition coefficient (Wildman–Crippen LogP) is 5.50. The van der Waals surface area contributed by atoms with Gasteiger partial charge in [0.05, 0.1) is 19.1 Å². The summed E-state index contributed by atoms with van der Waals surface area (Å²) in [5.41, 5.74) is 4.47. The molecule has 0 spiro atoms. The highest BCUT2D eigenvalue weighted by Gasteiger charge is 2.31. The quantitative estimate of drug-likeness (QED) is 0.240. The van der Waals surface area contributed by atoms with Crippen LogP contribution in [0.3, 0.4) is 0 Å². The Morgan fingerprint density at radius 1 is 1.05 bits per heavy atom. The summed E-state index contributed by atoms with van der Waals surface area (Å²) in [6.07, 6.45) is -0.243. The molecule has 0 aliphatic carbocycles. The first-order chi connectivity index (χ1) is 21.1. The lowest BCUT2D eigenvalue weighted by atomic mass is 10.0. The standard InChI is InChI=1S/C34H39N3O5S2/c1-24-20-37(25(2)23-38)33(39)19-29-18-30(35-44(40,41)34-10-7-17-43-34)15-16-31(29)42-32(24)22-36(3)21-26-11-13-28(14-12-26)27-8-5-4-6-9-27/h4-18,24-25,32,35,38H,19-23H2,1-3H3/t24-,25+,32-/m1/s1. The number of carbonyl (C=O) groups excluding carboxylic acids is 1. The van der Waals surface area contributed by atoms with Gasteiger partial charge in [0.25, 0.3) is 10.0 Å². The van der Waals surface area contributed by atoms with E-state index in [1.54, 1.807) is 40.6 Å². The topological polar surface area (TPSA) is 99.2 Å². The van der Waals surface area contributed by atoms with E-state index in [-0.39, 0.29) is 41.2 Å². The van der Waals surface area contributed by atoms with Crippen LogP contribution in [0.2, 0.25) is 0 Å². The van der Waals surface area contributed by atoms with E-state index in [0.29, 0.717) is 36.6 Å². The van der Waals surface area contributed by atoms with Crippen LogP contribution in [0.25, 0.3) is 11.1 Å². The maximum absolute atomic E-state index is 13.5. The van der Waals surface area contributed by atoms with E-state index < -0.39 is 10.0 Å². The minimum Gasteiger partial charge on any atom is -0.488 e. The van der Waals surface area contributed by atoms with E-state index in [1.807, 2.05) is 25.1 Å². The third-order valence-electron chi connectivity index (χ3n) is 7.93. The van der Waals surface area contributed by atoms with Crippen molar-refractivity contribution in [1.82, 2.24) is 9.80 Å². The lowest BCUT2D eigenvalue weighted by Gasteiger charge is -2.34. The highest BCUT2D eigenvalue weighted by molar-refractivity contribution is 7.94. The molecule has 0 saturated carbocycles. The number of nitrogens with one attached hydrogen (secondary N) is 1. The van der Waals surface area contributed by atoms with Crippen LogP contribution in [0, 0.1) is 5.92 Å². The zero-order valence-corrected chi connectivity index (χ0v) is 26.9. The number of nitrogens with zero attached hydrogens (tertiary/aromatic N) is 2. The molecular weight excluding hydrogens is 595 g/mol. The second-order valence-electron chi connectivity index (χ2n) is 11.5. The molecule has 8 nitrogen and oxygen atoms in total. The summed E-state index contributed by atoms with van der Waals surface area (Å²) in [4.78, 5) is 17.4. The van der Waals surface area contributed by atoms with Gasteiger partial charge in [0.15, 0.2) is 0 Å². The molecule has 1 aliphatic heterocycles. The van der Waals surface area contributed by atoms with Crippen LogP contribution < -0.4 is 9.46 Å². The van der Waals surface area contributed by atoms with E-state index in [2.05, 4.69) is 60.0 Å². The van der Waals surface area contributed by atoms with Crippen molar-refractivity contribution >= 4 is 33.0 Å². The van der Waals surface area contributed by atoms with E-state index >= 15 is 0 Å². The number of amides is 1. The number of benzene rings is 3. The number of thiophene rings is 1. The number of hydrogen-bond acceptors (Lipinski definition) is 7. The number of sulfonamides is 1. The molecule has 1 aliphatic rings. The smallest absolute Gasteiger partial charge is 0.271 e. The number of anilines is 1. The third kappa shape index (κ3) is 7.68. The summed E-state index contributed by atoms with van der Waals surface area (Å²) in [6, 6.07) is 26.8. The average Bonchev–Trinajstić information content (AvgIpc) is 3.58. The van der Waals surface area contributed by atoms with Crippen molar-refractivity contribution in [1.29, 1.82) is 0 Å². The van der Waals surface area contributed by atoms with Crippen molar-refractivity contribution in [2.75, 3.05) is 31.5 Å². The number of rotatable bonds is 10. The van der Waals surface area contributed by atoms with Crippen LogP contribution in [-0.2, 0) is 27.8 Å². The molecule has 5 rings (SSSR count). The molecule has 0 saturated heterocycles. The molecule has 0 unspecified atom stereocenters. The Morgan fingerprint density at radius 2 is 1.77 bits per heavy atom. The fraction of sp³-hybridized carbons (Fsp3) is 0.324. The minimum absolute atomic E-state index is 0.0251. The van der Waals surface area contributed by atoms with Crippen LogP contribution in [-0.4, -0.2) is 68.1 Å². The van der Waals surface area contributed by atoms with Crippen molar-refractivity contribution in [3.8, 4) is 16.9 Å². The van der Waals surface area contributed by atoms with Gasteiger partial charge in [-0.25, -0.2) is 8.42 Å². The van der Waals surface area contributed by atoms with Crippen molar-refractivity contribution in [2.24, 2.45) is 5.92 Å². The number of aliphatic hydroxyl groups excluding tert-OH is 1. The summed E-state index contributed by atoms with van der Waals surface area (Å²) < 4.78 is 35.2. The van der Waals surface area contributed by atoms with Gasteiger partial charge in [-0.15, -0.1) is 11.3 Å². The Balaban J connectivity index is 1.37. The maximum atomic E-state index is 13.5. The number of fused-ring (bicyclic) bond motifs is 1. The molecule has 1 amide bonds. The molecule has 0 fully saturated rings. The Labute approximate surface area is 264 Å². The summed E-state index contributed by atoms with van der Waals surface area (Å²) in [7, 11) is -1.70. The lowest BCUT2D eigenvalue weighted by molar-refractivity contribution is -0.134. The molecule has 232 valence electrons. The second-order valence-corrected chi connectivity index (χ2v) is 14.4. The molecule has 1 aromatic heterocycles. The van der Waals surface area contributed by atoms with Crippen LogP contribution >= 0.6 is 11.3 Å². The van der Waals surface area contributed by atoms with Gasteiger partial charge in [0, 0.05) is 36.8 Å². The molecule has 44 heavy (non-hydrogen) atoms. The number of ether oxygens (including phenoxy) is 1. The summed E-state index contributed by atoms with van der Waals surface area (Å²) >= 11 is 1.13. The monoisotopic (exact) mass is 633 g/mol. The van der Waals surface area contributed by atoms with Gasteiger partial charge in [-0.1, -0.05) is 67.6 Å². The van der Waals surface area contributed by atoms with E-state index in [0.717, 1.165) is 11.3 Å². The molecule has 3 aromatic carbocycles. The largest absolute Gasteiger partial charge is 0.488 e. The first kappa shape index (κ1) is 31.7. The van der Waals surface area contributed by atoms with Crippen LogP contribution in [0.4, 0.5) is 5.69 Å². The first-order valence-electron chi connectivity index (χ1n) is 14.7. The fourth-order valence-electron chi connectivity index (χ4n) is 5.45. The average molecular weight is 634 g/mol. The van der Waals surface area contributed by atoms with Crippen LogP contribution in [0.5, 0.6) is 5.75 Å². The molecule has 4 aromatic rings. The van der Waals surface area contributed by atoms with Gasteiger partial charge in [0.2, 0.25) is 5.91 Å². The maximum Gasteiger partial charge on any atom is 0.271 e. The number of carbonyl (C=O) groups is 1. The number of hydrogen-bond donors (Lipinski definition) is 2. The predicted molar refractivity (Wildman–Crippen MR) is 175 cm³/mol. The van der Waals surface area contributed by atoms with Gasteiger partial charge in [-0.2, -0.15) is 0 Å². The Bertz CT molecular complexity index is 1640. The molecule has 0 radical (unpaired) electrons. The summed E-state index contributed by atoms with van der Waals surface area (Å²) in [5, 5.41) is 11.6. The van der Waals surface area contributed by atoms with Gasteiger partial charge in [-0.05, 0) is 60.3 Å². The zero-order chi connectivity index (χ0) is 31.3. The molecule has 3 atom stereocenters. The SMILES string of the molecule is C[C@@H]1CN([C@@H](C)CO)C(=O)Cc2cc(NS(=O)(=O)c3cccs3)ccc2O[C@@H]1CN(C)Cc1ccc(-c2ccccc2)cc1. The summed E-state index contributed by atoms with van der Waals surface area (Å²) in [5.74, 6) is 0.362. The fourth-order valence-corrected chi connectivity index (χ4v) is 7.49. The van der Waals surface area contributed by atoms with E-state index in [4.69, 9.17) is 4.74 Å². The van der Waals surface area contributed by atoms with Gasteiger partial charge >= 0.3 is 0 Å². The van der Waals surface area contributed by atoms with E-state index in [1.165, 1.54) is 16.7 Å². The summed E-state index contributed by atoms with van der Waals surface area (Å²) in [6.45, 7) is 5.48. The normalized spacial score (nSPS) is 18.1. The third-order valence-corrected chi connectivity index (χ3v) is 10.7. The highest BCUT2D eigenvalue weighted by Crippen LogP contribution is 2.31. The molecule has 0 bridgehead atoms. The van der Waals surface area contributed by atoms with Crippen LogP contribution in [0.1, 0.15) is 25.0 Å². The highest BCUT2D eigenvalue weighted by atomic mass is 32.2.